The number of nitrogens with two attached hydrogens (primary N) is 1. The van der Waals surface area contributed by atoms with Crippen LogP contribution in [0.15, 0.2) is 24.5 Å². The first kappa shape index (κ1) is 20.3. The number of likely N-dealkylation sites (N-methyl/N-ethyl adjacent to an activating group) is 1. The number of carboxylic acids is 1. The van der Waals surface area contributed by atoms with E-state index in [0.717, 1.165) is 22.0 Å². The lowest BCUT2D eigenvalue weighted by Gasteiger charge is -2.05. The van der Waals surface area contributed by atoms with Crippen LogP contribution in [0.25, 0.3) is 21.9 Å². The summed E-state index contributed by atoms with van der Waals surface area (Å²) in [6.07, 6.45) is 1.67. The number of carboxylic acid groups (broad SMARTS) is 1. The van der Waals surface area contributed by atoms with Crippen molar-refractivity contribution in [2.75, 3.05) is 13.6 Å². The Kier molecular flexibility index (Phi) is 6.84. The molecule has 0 aliphatic carbocycles. The van der Waals surface area contributed by atoms with Gasteiger partial charge in [-0.2, -0.15) is 0 Å². The number of hydrogen-bond donors (Lipinski definition) is 3. The third-order valence-electron chi connectivity index (χ3n) is 3.36. The number of nitrogens with zero attached hydrogens (tertiary/aromatic N) is 3. The maximum Gasteiger partial charge on any atom is 0.317 e. The van der Waals surface area contributed by atoms with Crippen LogP contribution in [0.1, 0.15) is 16.1 Å². The van der Waals surface area contributed by atoms with Crippen molar-refractivity contribution in [3.63, 3.8) is 0 Å². The van der Waals surface area contributed by atoms with Crippen LogP contribution < -0.4 is 11.1 Å². The SMILES string of the molecule is CNCC(=O)O.Cc1ccc2nc(C(N)=O)c3ncn(C)c3c2c1.Cl. The van der Waals surface area contributed by atoms with Crippen molar-refractivity contribution in [2.24, 2.45) is 12.8 Å². The molecule has 0 fully saturated rings. The molecule has 0 spiro atoms. The number of nitrogens with one attached hydrogen (secondary N) is 1. The van der Waals surface area contributed by atoms with E-state index in [9.17, 15) is 9.59 Å². The van der Waals surface area contributed by atoms with Gasteiger partial charge in [0.2, 0.25) is 0 Å². The molecule has 0 saturated heterocycles. The van der Waals surface area contributed by atoms with Crippen LogP contribution in [0.3, 0.4) is 0 Å². The van der Waals surface area contributed by atoms with Crippen LogP contribution in [-0.2, 0) is 11.8 Å². The second-order valence-corrected chi connectivity index (χ2v) is 5.32. The first-order valence-electron chi connectivity index (χ1n) is 7.22. The Hall–Kier alpha value is -2.71. The van der Waals surface area contributed by atoms with E-state index < -0.39 is 11.9 Å². The van der Waals surface area contributed by atoms with E-state index in [1.54, 1.807) is 13.4 Å². The lowest BCUT2D eigenvalue weighted by atomic mass is 10.1. The maximum absolute atomic E-state index is 11.4. The summed E-state index contributed by atoms with van der Waals surface area (Å²) in [4.78, 5) is 29.5. The molecule has 1 amide bonds. The third kappa shape index (κ3) is 4.43. The van der Waals surface area contributed by atoms with E-state index >= 15 is 0 Å². The number of aryl methyl sites for hydroxylation is 2. The van der Waals surface area contributed by atoms with Crippen LogP contribution in [0.2, 0.25) is 0 Å². The highest BCUT2D eigenvalue weighted by molar-refractivity contribution is 6.11. The molecule has 0 bridgehead atoms. The number of carbonyl (C=O) groups is 2. The number of pyridine rings is 1. The molecule has 25 heavy (non-hydrogen) atoms. The van der Waals surface area contributed by atoms with Crippen molar-refractivity contribution in [2.45, 2.75) is 6.92 Å². The summed E-state index contributed by atoms with van der Waals surface area (Å²) in [5, 5.41) is 11.3. The Morgan fingerprint density at radius 1 is 1.36 bits per heavy atom. The summed E-state index contributed by atoms with van der Waals surface area (Å²) < 4.78 is 1.88. The largest absolute Gasteiger partial charge is 0.480 e. The summed E-state index contributed by atoms with van der Waals surface area (Å²) in [6.45, 7) is 2.06. The zero-order valence-electron chi connectivity index (χ0n) is 14.1. The van der Waals surface area contributed by atoms with Crippen LogP contribution in [-0.4, -0.2) is 45.1 Å². The molecule has 3 rings (SSSR count). The van der Waals surface area contributed by atoms with Gasteiger partial charge in [-0.1, -0.05) is 11.6 Å². The molecule has 0 aliphatic rings. The predicted molar refractivity (Wildman–Crippen MR) is 98.1 cm³/mol. The molecular weight excluding hydrogens is 346 g/mol. The van der Waals surface area contributed by atoms with Gasteiger partial charge in [0.25, 0.3) is 5.91 Å². The second kappa shape index (κ2) is 8.41. The van der Waals surface area contributed by atoms with Gasteiger partial charge < -0.3 is 20.7 Å². The van der Waals surface area contributed by atoms with Gasteiger partial charge in [0, 0.05) is 12.4 Å². The smallest absolute Gasteiger partial charge is 0.317 e. The van der Waals surface area contributed by atoms with Crippen molar-refractivity contribution < 1.29 is 14.7 Å². The van der Waals surface area contributed by atoms with Crippen LogP contribution in [0.4, 0.5) is 0 Å². The van der Waals surface area contributed by atoms with Crippen molar-refractivity contribution >= 4 is 46.2 Å². The van der Waals surface area contributed by atoms with Crippen LogP contribution >= 0.6 is 12.4 Å². The Balaban J connectivity index is 0.000000390. The Labute approximate surface area is 150 Å². The number of aliphatic carboxylic acids is 1. The van der Waals surface area contributed by atoms with Crippen molar-refractivity contribution in [1.29, 1.82) is 0 Å². The van der Waals surface area contributed by atoms with Crippen molar-refractivity contribution in [3.05, 3.63) is 35.8 Å². The molecule has 8 nitrogen and oxygen atoms in total. The normalized spacial score (nSPS) is 10.0. The van der Waals surface area contributed by atoms with E-state index in [1.807, 2.05) is 36.7 Å². The Morgan fingerprint density at radius 3 is 2.56 bits per heavy atom. The predicted octanol–water partition coefficient (Wildman–Crippen LogP) is 1.24. The van der Waals surface area contributed by atoms with Crippen molar-refractivity contribution in [3.8, 4) is 0 Å². The van der Waals surface area contributed by atoms with Gasteiger partial charge in [-0.15, -0.1) is 12.4 Å². The molecule has 0 aliphatic heterocycles. The minimum Gasteiger partial charge on any atom is -0.480 e. The fraction of sp³-hybridized carbons (Fsp3) is 0.250. The number of primary amides is 1. The average molecular weight is 366 g/mol. The quantitative estimate of drug-likeness (QED) is 0.641. The number of fused-ring (bicyclic) bond motifs is 3. The zero-order valence-corrected chi connectivity index (χ0v) is 14.9. The van der Waals surface area contributed by atoms with Crippen LogP contribution in [0.5, 0.6) is 0 Å². The highest BCUT2D eigenvalue weighted by Gasteiger charge is 2.16. The van der Waals surface area contributed by atoms with Crippen LogP contribution in [0, 0.1) is 6.92 Å². The monoisotopic (exact) mass is 365 g/mol. The summed E-state index contributed by atoms with van der Waals surface area (Å²) in [5.74, 6) is -1.38. The molecule has 0 radical (unpaired) electrons. The molecule has 4 N–H and O–H groups in total. The summed E-state index contributed by atoms with van der Waals surface area (Å²) in [6, 6.07) is 5.89. The molecule has 1 aromatic carbocycles. The summed E-state index contributed by atoms with van der Waals surface area (Å²) in [7, 11) is 3.48. The van der Waals surface area contributed by atoms with Gasteiger partial charge in [-0.05, 0) is 26.1 Å². The standard InChI is InChI=1S/C13H12N4O.C3H7NO2.ClH/c1-7-3-4-9-8(5-7)12-10(15-6-17(12)2)11(16-9)13(14)18;1-4-2-3(5)6;/h3-6H,1-2H3,(H2,14,18);4H,2H2,1H3,(H,5,6);1H. The Bertz CT molecular complexity index is 923. The number of hydrogen-bond acceptors (Lipinski definition) is 5. The van der Waals surface area contributed by atoms with Gasteiger partial charge >= 0.3 is 5.97 Å². The average Bonchev–Trinajstić information content (AvgIpc) is 2.89. The molecule has 0 unspecified atom stereocenters. The third-order valence-corrected chi connectivity index (χ3v) is 3.36. The van der Waals surface area contributed by atoms with E-state index in [4.69, 9.17) is 10.8 Å². The van der Waals surface area contributed by atoms with Gasteiger partial charge in [0.15, 0.2) is 5.69 Å². The molecule has 0 atom stereocenters. The van der Waals surface area contributed by atoms with Gasteiger partial charge in [-0.3, -0.25) is 9.59 Å². The van der Waals surface area contributed by atoms with Gasteiger partial charge in [0.1, 0.15) is 5.52 Å². The molecule has 9 heteroatoms. The van der Waals surface area contributed by atoms with Gasteiger partial charge in [-0.25, -0.2) is 9.97 Å². The molecule has 0 saturated carbocycles. The topological polar surface area (TPSA) is 123 Å². The molecule has 134 valence electrons. The second-order valence-electron chi connectivity index (χ2n) is 5.32. The fourth-order valence-electron chi connectivity index (χ4n) is 2.35. The van der Waals surface area contributed by atoms with Gasteiger partial charge in [0.05, 0.1) is 23.9 Å². The fourth-order valence-corrected chi connectivity index (χ4v) is 2.35. The number of amides is 1. The molecular formula is C16H20ClN5O3. The molecule has 3 aromatic rings. The number of rotatable bonds is 3. The number of benzene rings is 1. The summed E-state index contributed by atoms with van der Waals surface area (Å²) in [5.41, 5.74) is 8.92. The summed E-state index contributed by atoms with van der Waals surface area (Å²) >= 11 is 0. The zero-order chi connectivity index (χ0) is 17.9. The Morgan fingerprint density at radius 2 is 2.04 bits per heavy atom. The lowest BCUT2D eigenvalue weighted by molar-refractivity contribution is -0.135. The minimum absolute atomic E-state index is 0. The number of carbonyl (C=O) groups excluding carboxylic acids is 1. The first-order valence-corrected chi connectivity index (χ1v) is 7.22. The van der Waals surface area contributed by atoms with E-state index in [-0.39, 0.29) is 24.6 Å². The molecule has 2 heterocycles. The first-order chi connectivity index (χ1) is 11.3. The molecule has 2 aromatic heterocycles. The van der Waals surface area contributed by atoms with E-state index in [1.165, 1.54) is 0 Å². The maximum atomic E-state index is 11.4. The highest BCUT2D eigenvalue weighted by atomic mass is 35.5. The number of halogens is 1. The van der Waals surface area contributed by atoms with E-state index in [0.29, 0.717) is 5.52 Å². The number of imidazole rings is 1. The number of aromatic nitrogens is 3. The minimum atomic E-state index is -0.822. The van der Waals surface area contributed by atoms with Crippen molar-refractivity contribution in [1.82, 2.24) is 19.9 Å². The lowest BCUT2D eigenvalue weighted by Crippen LogP contribution is -2.16. The van der Waals surface area contributed by atoms with E-state index in [2.05, 4.69) is 15.3 Å². The highest BCUT2D eigenvalue weighted by Crippen LogP contribution is 2.25.